The van der Waals surface area contributed by atoms with E-state index in [1.165, 1.54) is 0 Å². The minimum atomic E-state index is -0.638. The van der Waals surface area contributed by atoms with Crippen LogP contribution in [0, 0.1) is 0 Å². The molecule has 5 rings (SSSR count). The van der Waals surface area contributed by atoms with Crippen LogP contribution in [0.15, 0.2) is 66.7 Å². The first-order chi connectivity index (χ1) is 22.2. The van der Waals surface area contributed by atoms with Crippen LogP contribution in [0.5, 0.6) is 5.75 Å². The fourth-order valence-electron chi connectivity index (χ4n) is 5.31. The van der Waals surface area contributed by atoms with E-state index in [2.05, 4.69) is 10.6 Å². The van der Waals surface area contributed by atoms with Crippen LogP contribution in [0.25, 0.3) is 0 Å². The highest BCUT2D eigenvalue weighted by molar-refractivity contribution is 6.00. The Bertz CT molecular complexity index is 1480. The Kier molecular flexibility index (Phi) is 11.4. The molecule has 1 saturated heterocycles. The van der Waals surface area contributed by atoms with Crippen LogP contribution in [0.4, 0.5) is 26.7 Å². The minimum Gasteiger partial charge on any atom is -0.463 e. The van der Waals surface area contributed by atoms with Gasteiger partial charge in [0.25, 0.3) is 0 Å². The van der Waals surface area contributed by atoms with Crippen molar-refractivity contribution in [2.75, 3.05) is 49.3 Å². The molecule has 11 heteroatoms. The second-order valence-corrected chi connectivity index (χ2v) is 12.0. The maximum absolute atomic E-state index is 12.4. The van der Waals surface area contributed by atoms with Crippen LogP contribution in [-0.2, 0) is 32.2 Å². The summed E-state index contributed by atoms with van der Waals surface area (Å²) in [7, 11) is 0. The van der Waals surface area contributed by atoms with Crippen molar-refractivity contribution in [3.8, 4) is 5.75 Å². The molecule has 3 aromatic carbocycles. The van der Waals surface area contributed by atoms with Gasteiger partial charge < -0.3 is 45.0 Å². The average Bonchev–Trinajstić information content (AvgIpc) is 3.39. The molecule has 1 fully saturated rings. The van der Waals surface area contributed by atoms with E-state index < -0.39 is 5.79 Å². The molecule has 3 aromatic rings. The van der Waals surface area contributed by atoms with Crippen molar-refractivity contribution >= 4 is 29.2 Å². The zero-order chi connectivity index (χ0) is 32.4. The van der Waals surface area contributed by atoms with Gasteiger partial charge in [0.15, 0.2) is 0 Å². The zero-order valence-corrected chi connectivity index (χ0v) is 26.6. The van der Waals surface area contributed by atoms with Crippen LogP contribution in [-0.4, -0.2) is 55.7 Å². The van der Waals surface area contributed by atoms with Crippen molar-refractivity contribution in [2.45, 2.75) is 64.6 Å². The number of cyclic esters (lactones) is 1. The number of unbranched alkanes of at least 4 members (excludes halogenated alkanes) is 2. The number of amides is 3. The highest BCUT2D eigenvalue weighted by Gasteiger charge is 2.33. The summed E-state index contributed by atoms with van der Waals surface area (Å²) in [5.41, 5.74) is 10.5. The van der Waals surface area contributed by atoms with Gasteiger partial charge in [-0.3, -0.25) is 0 Å². The number of carbonyl (C=O) groups excluding carboxylic acids is 2. The molecule has 0 unspecified atom stereocenters. The van der Waals surface area contributed by atoms with E-state index in [1.54, 1.807) is 29.2 Å². The number of nitrogen functional groups attached to an aromatic ring is 1. The maximum atomic E-state index is 12.4. The lowest BCUT2D eigenvalue weighted by Gasteiger charge is -2.32. The number of carbonyl (C=O) groups is 2. The first-order valence-corrected chi connectivity index (χ1v) is 15.8. The molecule has 246 valence electrons. The first kappa shape index (κ1) is 33.1. The number of hydrogen-bond acceptors (Lipinski definition) is 8. The summed E-state index contributed by atoms with van der Waals surface area (Å²) in [4.78, 5) is 26.5. The fraction of sp³-hybridized carbons (Fsp3) is 0.429. The zero-order valence-electron chi connectivity index (χ0n) is 26.6. The van der Waals surface area contributed by atoms with Crippen molar-refractivity contribution < 1.29 is 33.3 Å². The van der Waals surface area contributed by atoms with E-state index >= 15 is 0 Å². The molecule has 0 aliphatic carbocycles. The number of nitrogens with two attached hydrogens (primary N) is 1. The van der Waals surface area contributed by atoms with Crippen molar-refractivity contribution in [3.05, 3.63) is 83.4 Å². The van der Waals surface area contributed by atoms with Gasteiger partial charge in [0.2, 0.25) is 5.79 Å². The molecule has 11 nitrogen and oxygen atoms in total. The highest BCUT2D eigenvalue weighted by atomic mass is 16.7. The molecular weight excluding hydrogens is 588 g/mol. The van der Waals surface area contributed by atoms with E-state index in [9.17, 15) is 9.59 Å². The molecule has 0 radical (unpaired) electrons. The van der Waals surface area contributed by atoms with Gasteiger partial charge in [-0.05, 0) is 79.3 Å². The third kappa shape index (κ3) is 9.84. The monoisotopic (exact) mass is 632 g/mol. The lowest BCUT2D eigenvalue weighted by Crippen LogP contribution is -2.35. The summed E-state index contributed by atoms with van der Waals surface area (Å²) in [6.07, 6.45) is 3.03. The Morgan fingerprint density at radius 2 is 1.70 bits per heavy atom. The van der Waals surface area contributed by atoms with Crippen molar-refractivity contribution in [1.29, 1.82) is 0 Å². The standard InChI is InChI=1S/C35H44N4O7/c1-35(2)44-24-27-20-26(13-14-31(27)46-35)32-22-39(34(41)45-32)15-4-3-5-16-42-17-8-18-43-23-25-9-6-11-29(19-25)37-33(40)38-30-12-7-10-28(36)21-30/h6-7,9-14,19-21,32H,3-5,8,15-18,22-24,36H2,1-2H3,(H2,37,38,40)/t32-/m0/s1. The Labute approximate surface area is 270 Å². The molecule has 0 saturated carbocycles. The number of urea groups is 1. The number of nitrogens with one attached hydrogen (secondary N) is 2. The first-order valence-electron chi connectivity index (χ1n) is 15.8. The topological polar surface area (TPSA) is 134 Å². The van der Waals surface area contributed by atoms with E-state index in [1.807, 2.05) is 56.3 Å². The summed E-state index contributed by atoms with van der Waals surface area (Å²) >= 11 is 0. The Morgan fingerprint density at radius 1 is 0.935 bits per heavy atom. The van der Waals surface area contributed by atoms with E-state index in [0.717, 1.165) is 48.1 Å². The number of hydrogen-bond donors (Lipinski definition) is 3. The third-order valence-corrected chi connectivity index (χ3v) is 7.67. The number of benzene rings is 3. The molecule has 0 bridgehead atoms. The van der Waals surface area contributed by atoms with Crippen molar-refractivity contribution in [3.63, 3.8) is 0 Å². The van der Waals surface area contributed by atoms with E-state index in [-0.39, 0.29) is 18.2 Å². The summed E-state index contributed by atoms with van der Waals surface area (Å²) in [6.45, 7) is 7.78. The molecule has 0 spiro atoms. The molecule has 3 amide bonds. The summed E-state index contributed by atoms with van der Waals surface area (Å²) in [6, 6.07) is 20.1. The van der Waals surface area contributed by atoms with Crippen LogP contribution in [0.3, 0.4) is 0 Å². The molecule has 2 aliphatic heterocycles. The van der Waals surface area contributed by atoms with E-state index in [4.69, 9.17) is 29.4 Å². The second kappa shape index (κ2) is 15.8. The van der Waals surface area contributed by atoms with Crippen LogP contribution < -0.4 is 21.1 Å². The molecule has 0 aromatic heterocycles. The normalized spacial score (nSPS) is 16.8. The van der Waals surface area contributed by atoms with Gasteiger partial charge in [0, 0.05) is 62.8 Å². The van der Waals surface area contributed by atoms with Gasteiger partial charge in [-0.2, -0.15) is 0 Å². The highest BCUT2D eigenvalue weighted by Crippen LogP contribution is 2.35. The van der Waals surface area contributed by atoms with Crippen molar-refractivity contribution in [1.82, 2.24) is 4.90 Å². The van der Waals surface area contributed by atoms with Crippen LogP contribution in [0.2, 0.25) is 0 Å². The molecule has 4 N–H and O–H groups in total. The van der Waals surface area contributed by atoms with Crippen LogP contribution in [0.1, 0.15) is 62.3 Å². The fourth-order valence-corrected chi connectivity index (χ4v) is 5.31. The predicted molar refractivity (Wildman–Crippen MR) is 176 cm³/mol. The Balaban J connectivity index is 0.889. The predicted octanol–water partition coefficient (Wildman–Crippen LogP) is 6.85. The molecule has 2 aliphatic rings. The number of nitrogens with zero attached hydrogens (tertiary/aromatic N) is 1. The minimum absolute atomic E-state index is 0.268. The smallest absolute Gasteiger partial charge is 0.410 e. The largest absolute Gasteiger partial charge is 0.463 e. The average molecular weight is 633 g/mol. The van der Waals surface area contributed by atoms with Crippen molar-refractivity contribution in [2.24, 2.45) is 0 Å². The SMILES string of the molecule is CC1(C)OCc2cc([C@@H]3CN(CCCCCOCCCOCc4cccc(NC(=O)Nc5cccc(N)c5)c4)C(=O)O3)ccc2O1. The number of fused-ring (bicyclic) bond motifs is 1. The molecule has 1 atom stereocenters. The number of ether oxygens (including phenoxy) is 5. The van der Waals surface area contributed by atoms with Gasteiger partial charge in [-0.25, -0.2) is 9.59 Å². The van der Waals surface area contributed by atoms with E-state index in [0.29, 0.717) is 63.2 Å². The summed E-state index contributed by atoms with van der Waals surface area (Å²) in [5.74, 6) is 0.172. The molecule has 2 heterocycles. The third-order valence-electron chi connectivity index (χ3n) is 7.67. The summed E-state index contributed by atoms with van der Waals surface area (Å²) < 4.78 is 28.8. The van der Waals surface area contributed by atoms with Gasteiger partial charge in [0.05, 0.1) is 19.8 Å². The summed E-state index contributed by atoms with van der Waals surface area (Å²) in [5, 5.41) is 5.59. The van der Waals surface area contributed by atoms with Gasteiger partial charge >= 0.3 is 12.1 Å². The number of rotatable bonds is 15. The Morgan fingerprint density at radius 3 is 2.52 bits per heavy atom. The van der Waals surface area contributed by atoms with Gasteiger partial charge in [0.1, 0.15) is 11.9 Å². The van der Waals surface area contributed by atoms with Gasteiger partial charge in [-0.1, -0.05) is 24.3 Å². The lowest BCUT2D eigenvalue weighted by atomic mass is 10.0. The molecule has 46 heavy (non-hydrogen) atoms. The van der Waals surface area contributed by atoms with Gasteiger partial charge in [-0.15, -0.1) is 0 Å². The van der Waals surface area contributed by atoms with Crippen LogP contribution >= 0.6 is 0 Å². The maximum Gasteiger partial charge on any atom is 0.410 e. The number of anilines is 3. The Hall–Kier alpha value is -4.32. The molecular formula is C35H44N4O7. The second-order valence-electron chi connectivity index (χ2n) is 12.0. The lowest BCUT2D eigenvalue weighted by molar-refractivity contribution is -0.180. The quantitative estimate of drug-likeness (QED) is 0.122.